The second-order valence-corrected chi connectivity index (χ2v) is 22.1. The number of allylic oxidation sites excluding steroid dienone is 3. The highest BCUT2D eigenvalue weighted by Gasteiger charge is 2.59. The van der Waals surface area contributed by atoms with E-state index in [-0.39, 0.29) is 0 Å². The van der Waals surface area contributed by atoms with Crippen LogP contribution >= 0.6 is 0 Å². The van der Waals surface area contributed by atoms with Crippen molar-refractivity contribution in [3.8, 4) is 0 Å². The lowest BCUT2D eigenvalue weighted by Crippen LogP contribution is -2.51. The maximum Gasteiger partial charge on any atom is 0.0644 e. The van der Waals surface area contributed by atoms with E-state index in [0.717, 1.165) is 75.0 Å². The smallest absolute Gasteiger partial charge is 0.0644 e. The second kappa shape index (κ2) is 29.0. The van der Waals surface area contributed by atoms with E-state index in [4.69, 9.17) is 14.2 Å². The van der Waals surface area contributed by atoms with E-state index in [9.17, 15) is 0 Å². The molecule has 4 aliphatic carbocycles. The van der Waals surface area contributed by atoms with Crippen LogP contribution in [0.4, 0.5) is 0 Å². The van der Waals surface area contributed by atoms with Crippen molar-refractivity contribution in [3.63, 3.8) is 0 Å². The van der Waals surface area contributed by atoms with Crippen LogP contribution in [0.25, 0.3) is 0 Å². The van der Waals surface area contributed by atoms with Crippen molar-refractivity contribution in [2.45, 2.75) is 240 Å². The Bertz CT molecular complexity index is 1160. The Balaban J connectivity index is 0.976. The summed E-state index contributed by atoms with van der Waals surface area (Å²) in [6, 6.07) is 0.335. The first kappa shape index (κ1) is 51.9. The SMILES string of the molecule is CCCCCCCC/C=C\CCCCCCCCOC[C@@H](COCCCCCCO[C@H]1CC[C@@]2(C)C(=CC[C@H]3[C@@H]4CC[C@H]([C@H](C)CCCC(C)C)[C@@]4(C)CC[C@@H]32)C1)N(C)C. The molecule has 0 spiro atoms. The highest BCUT2D eigenvalue weighted by Crippen LogP contribution is 2.67. The van der Waals surface area contributed by atoms with Gasteiger partial charge < -0.3 is 19.1 Å². The molecule has 0 radical (unpaired) electrons. The minimum Gasteiger partial charge on any atom is -0.380 e. The van der Waals surface area contributed by atoms with Gasteiger partial charge in [0.05, 0.1) is 25.4 Å². The summed E-state index contributed by atoms with van der Waals surface area (Å²) >= 11 is 0. The molecule has 4 heteroatoms. The molecule has 0 aliphatic heterocycles. The Labute approximate surface area is 375 Å². The number of likely N-dealkylation sites (N-methyl/N-ethyl adjacent to an activating group) is 1. The normalized spacial score (nSPS) is 28.9. The highest BCUT2D eigenvalue weighted by molar-refractivity contribution is 5.25. The molecule has 4 rings (SSSR count). The molecule has 0 aromatic carbocycles. The number of hydrogen-bond donors (Lipinski definition) is 0. The fourth-order valence-electron chi connectivity index (χ4n) is 12.9. The molecule has 60 heavy (non-hydrogen) atoms. The van der Waals surface area contributed by atoms with Crippen LogP contribution in [0.3, 0.4) is 0 Å². The summed E-state index contributed by atoms with van der Waals surface area (Å²) in [5, 5.41) is 0. The Hall–Kier alpha value is -0.680. The first-order chi connectivity index (χ1) is 29.1. The minimum atomic E-state index is 0.335. The van der Waals surface area contributed by atoms with Crippen molar-refractivity contribution in [3.05, 3.63) is 23.8 Å². The molecule has 0 aromatic heterocycles. The number of unbranched alkanes of at least 4 members (excludes halogenated alkanes) is 15. The second-order valence-electron chi connectivity index (χ2n) is 22.1. The average Bonchev–Trinajstić information content (AvgIpc) is 3.59. The highest BCUT2D eigenvalue weighted by atomic mass is 16.5. The molecular weight excluding hydrogens is 735 g/mol. The third-order valence-electron chi connectivity index (χ3n) is 16.9. The fourth-order valence-corrected chi connectivity index (χ4v) is 12.9. The summed E-state index contributed by atoms with van der Waals surface area (Å²) in [5.41, 5.74) is 2.78. The molecule has 4 aliphatic rings. The van der Waals surface area contributed by atoms with E-state index < -0.39 is 0 Å². The van der Waals surface area contributed by atoms with Crippen molar-refractivity contribution >= 4 is 0 Å². The molecule has 0 N–H and O–H groups in total. The first-order valence-electron chi connectivity index (χ1n) is 26.9. The molecule has 0 saturated heterocycles. The largest absolute Gasteiger partial charge is 0.380 e. The van der Waals surface area contributed by atoms with Crippen molar-refractivity contribution in [1.29, 1.82) is 0 Å². The lowest BCUT2D eigenvalue weighted by Gasteiger charge is -2.58. The Morgan fingerprint density at radius 1 is 0.667 bits per heavy atom. The third kappa shape index (κ3) is 17.0. The molecule has 4 nitrogen and oxygen atoms in total. The van der Waals surface area contributed by atoms with E-state index >= 15 is 0 Å². The van der Waals surface area contributed by atoms with E-state index in [1.807, 2.05) is 0 Å². The summed E-state index contributed by atoms with van der Waals surface area (Å²) in [7, 11) is 4.31. The Morgan fingerprint density at radius 2 is 1.27 bits per heavy atom. The molecule has 9 atom stereocenters. The average molecular weight is 838 g/mol. The van der Waals surface area contributed by atoms with Gasteiger partial charge in [0, 0.05) is 19.8 Å². The molecular formula is C56H103NO3. The number of rotatable bonds is 34. The van der Waals surface area contributed by atoms with Crippen molar-refractivity contribution in [1.82, 2.24) is 4.90 Å². The zero-order valence-electron chi connectivity index (χ0n) is 41.6. The molecule has 0 aromatic rings. The fraction of sp³-hybridized carbons (Fsp3) is 0.929. The van der Waals surface area contributed by atoms with Gasteiger partial charge in [-0.05, 0) is 157 Å². The maximum absolute atomic E-state index is 6.59. The van der Waals surface area contributed by atoms with E-state index in [0.29, 0.717) is 23.0 Å². The van der Waals surface area contributed by atoms with Crippen LogP contribution in [0.1, 0.15) is 228 Å². The molecule has 0 bridgehead atoms. The van der Waals surface area contributed by atoms with Crippen LogP contribution in [-0.4, -0.2) is 64.2 Å². The Kier molecular flexibility index (Phi) is 25.1. The van der Waals surface area contributed by atoms with Crippen LogP contribution in [-0.2, 0) is 14.2 Å². The van der Waals surface area contributed by atoms with Crippen molar-refractivity contribution < 1.29 is 14.2 Å². The molecule has 350 valence electrons. The number of fused-ring (bicyclic) bond motifs is 5. The standard InChI is InChI=1S/C56H103NO3/c1-9-10-11-12-13-14-15-16-17-18-19-20-21-22-23-26-40-58-44-49(57(7)8)45-59-41-27-24-25-28-42-60-50-36-38-55(5)48(43-50)32-33-51-53-35-34-52(47(4)31-29-30-46(2)3)56(53,6)39-37-54(51)55/h16-17,32,46-47,49-54H,9-15,18-31,33-45H2,1-8H3/b17-16-/t47-,49+,50+,51+,52-,53+,54+,55+,56-/m1/s1. The van der Waals surface area contributed by atoms with Crippen LogP contribution in [0.5, 0.6) is 0 Å². The maximum atomic E-state index is 6.59. The molecule has 3 saturated carbocycles. The van der Waals surface area contributed by atoms with Gasteiger partial charge in [0.1, 0.15) is 0 Å². The van der Waals surface area contributed by atoms with Gasteiger partial charge in [0.2, 0.25) is 0 Å². The zero-order chi connectivity index (χ0) is 43.1. The molecule has 0 unspecified atom stereocenters. The van der Waals surface area contributed by atoms with Gasteiger partial charge in [-0.1, -0.05) is 155 Å². The van der Waals surface area contributed by atoms with Crippen molar-refractivity contribution in [2.24, 2.45) is 46.3 Å². The van der Waals surface area contributed by atoms with Gasteiger partial charge in [-0.3, -0.25) is 0 Å². The lowest BCUT2D eigenvalue weighted by atomic mass is 9.47. The van der Waals surface area contributed by atoms with E-state index in [2.05, 4.69) is 78.8 Å². The summed E-state index contributed by atoms with van der Waals surface area (Å²) < 4.78 is 18.8. The minimum absolute atomic E-state index is 0.335. The quantitative estimate of drug-likeness (QED) is 0.0477. The van der Waals surface area contributed by atoms with Gasteiger partial charge in [-0.2, -0.15) is 0 Å². The van der Waals surface area contributed by atoms with E-state index in [1.165, 1.54) is 180 Å². The summed E-state index contributed by atoms with van der Waals surface area (Å²) in [5.74, 6) is 5.48. The summed E-state index contributed by atoms with van der Waals surface area (Å²) in [4.78, 5) is 2.26. The van der Waals surface area contributed by atoms with Crippen LogP contribution < -0.4 is 0 Å². The molecule has 0 heterocycles. The lowest BCUT2D eigenvalue weighted by molar-refractivity contribution is -0.0641. The third-order valence-corrected chi connectivity index (χ3v) is 16.9. The molecule has 0 amide bonds. The predicted molar refractivity (Wildman–Crippen MR) is 260 cm³/mol. The van der Waals surface area contributed by atoms with Crippen molar-refractivity contribution in [2.75, 3.05) is 47.1 Å². The number of nitrogens with zero attached hydrogens (tertiary/aromatic N) is 1. The predicted octanol–water partition coefficient (Wildman–Crippen LogP) is 16.0. The monoisotopic (exact) mass is 838 g/mol. The zero-order valence-corrected chi connectivity index (χ0v) is 41.6. The van der Waals surface area contributed by atoms with Crippen LogP contribution in [0, 0.1) is 46.3 Å². The van der Waals surface area contributed by atoms with E-state index in [1.54, 1.807) is 5.57 Å². The summed E-state index contributed by atoms with van der Waals surface area (Å²) in [6.45, 7) is 19.3. The summed E-state index contributed by atoms with van der Waals surface area (Å²) in [6.07, 6.45) is 47.0. The Morgan fingerprint density at radius 3 is 1.88 bits per heavy atom. The topological polar surface area (TPSA) is 30.9 Å². The van der Waals surface area contributed by atoms with Gasteiger partial charge in [-0.15, -0.1) is 0 Å². The first-order valence-corrected chi connectivity index (χ1v) is 26.9. The molecule has 3 fully saturated rings. The van der Waals surface area contributed by atoms with Crippen LogP contribution in [0.15, 0.2) is 23.8 Å². The van der Waals surface area contributed by atoms with Gasteiger partial charge in [-0.25, -0.2) is 0 Å². The number of hydrogen-bond acceptors (Lipinski definition) is 4. The van der Waals surface area contributed by atoms with Gasteiger partial charge in [0.25, 0.3) is 0 Å². The number of ether oxygens (including phenoxy) is 3. The van der Waals surface area contributed by atoms with Gasteiger partial charge in [0.15, 0.2) is 0 Å². The van der Waals surface area contributed by atoms with Gasteiger partial charge >= 0.3 is 0 Å². The van der Waals surface area contributed by atoms with Crippen LogP contribution in [0.2, 0.25) is 0 Å².